The zero-order valence-electron chi connectivity index (χ0n) is 23.6. The van der Waals surface area contributed by atoms with Gasteiger partial charge in [-0.15, -0.1) is 0 Å². The van der Waals surface area contributed by atoms with E-state index in [2.05, 4.69) is 4.90 Å². The van der Waals surface area contributed by atoms with Crippen LogP contribution in [0.15, 0.2) is 54.3 Å². The number of carbonyl (C=O) groups is 3. The van der Waals surface area contributed by atoms with Crippen molar-refractivity contribution in [1.29, 1.82) is 0 Å². The molecule has 4 N–H and O–H groups in total. The molecule has 0 amide bonds. The van der Waals surface area contributed by atoms with E-state index in [1.807, 2.05) is 27.0 Å². The van der Waals surface area contributed by atoms with E-state index in [0.717, 1.165) is 11.1 Å². The lowest BCUT2D eigenvalue weighted by atomic mass is 9.54. The summed E-state index contributed by atoms with van der Waals surface area (Å²) in [5.41, 5.74) is 0.177. The molecular formula is C31H35NO10. The molecule has 0 radical (unpaired) electrons. The van der Waals surface area contributed by atoms with Gasteiger partial charge in [-0.25, -0.2) is 9.59 Å². The number of piperidine rings is 1. The number of aryl methyl sites for hydroxylation is 1. The van der Waals surface area contributed by atoms with Gasteiger partial charge in [-0.05, 0) is 45.5 Å². The molecular weight excluding hydrogens is 546 g/mol. The molecule has 2 heterocycles. The molecule has 1 aliphatic carbocycles. The van der Waals surface area contributed by atoms with E-state index in [1.54, 1.807) is 42.5 Å². The van der Waals surface area contributed by atoms with Gasteiger partial charge in [0.1, 0.15) is 11.5 Å². The molecule has 2 aromatic rings. The maximum Gasteiger partial charge on any atom is 0.357 e. The molecule has 1 spiro atoms. The van der Waals surface area contributed by atoms with E-state index < -0.39 is 53.7 Å². The molecule has 2 aliphatic heterocycles. The van der Waals surface area contributed by atoms with Crippen LogP contribution in [0.5, 0.6) is 5.75 Å². The van der Waals surface area contributed by atoms with Crippen LogP contribution in [-0.2, 0) is 35.9 Å². The standard InChI is InChI=1S/C31H35NO10/c1-17-9-10-20(16-33)25-24(17)30-13-14-32(3)18(2)31(30,39)12-11-22(27(30)42-25)40-29(38)26(19-7-5-4-6-8-19)41-23(35)15-21(34)28(36)37/h4-11,18,21,26-27,33-34,39H,12-16H2,1-3H3,(H,36,37)/t18-,21+,26+,27+,30+,31-/m1/s1. The number of esters is 2. The second-order valence-electron chi connectivity index (χ2n) is 11.3. The van der Waals surface area contributed by atoms with Crippen molar-refractivity contribution in [2.24, 2.45) is 0 Å². The number of likely N-dealkylation sites (N-methyl/N-ethyl adjacent to an activating group) is 1. The van der Waals surface area contributed by atoms with Crippen molar-refractivity contribution in [2.45, 2.75) is 75.1 Å². The van der Waals surface area contributed by atoms with Crippen LogP contribution in [0, 0.1) is 6.92 Å². The lowest BCUT2D eigenvalue weighted by Gasteiger charge is -2.58. The lowest BCUT2D eigenvalue weighted by molar-refractivity contribution is -0.174. The van der Waals surface area contributed by atoms with Crippen molar-refractivity contribution < 1.29 is 49.0 Å². The van der Waals surface area contributed by atoms with E-state index in [1.165, 1.54) is 0 Å². The highest BCUT2D eigenvalue weighted by molar-refractivity contribution is 5.84. The average molecular weight is 582 g/mol. The molecule has 2 aromatic carbocycles. The number of hydrogen-bond donors (Lipinski definition) is 4. The Bertz CT molecular complexity index is 1420. The molecule has 6 atom stereocenters. The smallest absolute Gasteiger partial charge is 0.357 e. The second-order valence-corrected chi connectivity index (χ2v) is 11.3. The van der Waals surface area contributed by atoms with Crippen molar-refractivity contribution in [1.82, 2.24) is 4.90 Å². The van der Waals surface area contributed by atoms with E-state index in [9.17, 15) is 29.7 Å². The summed E-state index contributed by atoms with van der Waals surface area (Å²) < 4.78 is 17.8. The minimum atomic E-state index is -2.00. The molecule has 42 heavy (non-hydrogen) atoms. The van der Waals surface area contributed by atoms with Crippen LogP contribution in [0.2, 0.25) is 0 Å². The van der Waals surface area contributed by atoms with Gasteiger partial charge >= 0.3 is 17.9 Å². The van der Waals surface area contributed by atoms with Crippen molar-refractivity contribution >= 4 is 17.9 Å². The van der Waals surface area contributed by atoms with Gasteiger partial charge in [0.2, 0.25) is 6.10 Å². The summed E-state index contributed by atoms with van der Waals surface area (Å²) in [4.78, 5) is 39.3. The van der Waals surface area contributed by atoms with Crippen molar-refractivity contribution in [3.63, 3.8) is 0 Å². The fourth-order valence-electron chi connectivity index (χ4n) is 6.67. The Morgan fingerprint density at radius 1 is 1.17 bits per heavy atom. The number of aliphatic hydroxyl groups excluding tert-OH is 2. The SMILES string of the molecule is Cc1ccc(CO)c2c1[C@]13CCN(C)[C@H](C)[C@]1(O)CC=C(OC(=O)[C@@H](OC(=O)C[C@H](O)C(=O)O)c1ccccc1)[C@@H]3O2. The van der Waals surface area contributed by atoms with Gasteiger partial charge in [0.05, 0.1) is 24.0 Å². The van der Waals surface area contributed by atoms with E-state index >= 15 is 0 Å². The molecule has 224 valence electrons. The number of likely N-dealkylation sites (tertiary alicyclic amines) is 1. The number of fused-ring (bicyclic) bond motifs is 1. The number of hydrogen-bond acceptors (Lipinski definition) is 10. The first kappa shape index (κ1) is 29.7. The maximum atomic E-state index is 13.7. The summed E-state index contributed by atoms with van der Waals surface area (Å²) in [5.74, 6) is -3.06. The molecule has 0 saturated carbocycles. The van der Waals surface area contributed by atoms with Crippen LogP contribution < -0.4 is 4.74 Å². The minimum Gasteiger partial charge on any atom is -0.481 e. The lowest BCUT2D eigenvalue weighted by Crippen LogP contribution is -2.71. The highest BCUT2D eigenvalue weighted by atomic mass is 16.6. The molecule has 11 nitrogen and oxygen atoms in total. The predicted octanol–water partition coefficient (Wildman–Crippen LogP) is 1.89. The molecule has 0 aromatic heterocycles. The maximum absolute atomic E-state index is 13.7. The van der Waals surface area contributed by atoms with Crippen LogP contribution in [0.3, 0.4) is 0 Å². The number of aliphatic carboxylic acids is 1. The van der Waals surface area contributed by atoms with Crippen molar-refractivity contribution in [2.75, 3.05) is 13.6 Å². The summed E-state index contributed by atoms with van der Waals surface area (Å²) in [6.07, 6.45) is -3.09. The molecule has 1 saturated heterocycles. The van der Waals surface area contributed by atoms with Crippen LogP contribution in [-0.4, -0.2) is 80.7 Å². The number of ether oxygens (including phenoxy) is 3. The van der Waals surface area contributed by atoms with E-state index in [4.69, 9.17) is 19.3 Å². The van der Waals surface area contributed by atoms with Crippen LogP contribution in [0.4, 0.5) is 0 Å². The number of rotatable bonds is 8. The van der Waals surface area contributed by atoms with Gasteiger partial charge in [0, 0.05) is 29.2 Å². The Morgan fingerprint density at radius 3 is 2.55 bits per heavy atom. The highest BCUT2D eigenvalue weighted by Crippen LogP contribution is 2.61. The summed E-state index contributed by atoms with van der Waals surface area (Å²) in [7, 11) is 1.94. The number of benzene rings is 2. The average Bonchev–Trinajstić information content (AvgIpc) is 3.33. The zero-order chi connectivity index (χ0) is 30.4. The third-order valence-electron chi connectivity index (χ3n) is 9.03. The molecule has 0 unspecified atom stereocenters. The summed E-state index contributed by atoms with van der Waals surface area (Å²) in [6, 6.07) is 11.5. The van der Waals surface area contributed by atoms with Crippen LogP contribution >= 0.6 is 0 Å². The fourth-order valence-corrected chi connectivity index (χ4v) is 6.67. The van der Waals surface area contributed by atoms with Crippen LogP contribution in [0.1, 0.15) is 54.5 Å². The predicted molar refractivity (Wildman–Crippen MR) is 147 cm³/mol. The Labute approximate surface area is 242 Å². The number of carboxylic acids is 1. The molecule has 1 fully saturated rings. The van der Waals surface area contributed by atoms with E-state index in [-0.39, 0.29) is 30.4 Å². The number of aliphatic hydroxyl groups is 3. The number of carboxylic acid groups (broad SMARTS) is 1. The third-order valence-corrected chi connectivity index (χ3v) is 9.03. The highest BCUT2D eigenvalue weighted by Gasteiger charge is 2.69. The van der Waals surface area contributed by atoms with Crippen molar-refractivity contribution in [3.8, 4) is 5.75 Å². The van der Waals surface area contributed by atoms with Gasteiger partial charge in [-0.3, -0.25) is 4.79 Å². The first-order valence-corrected chi connectivity index (χ1v) is 13.8. The second kappa shape index (κ2) is 11.1. The quantitative estimate of drug-likeness (QED) is 0.337. The summed E-state index contributed by atoms with van der Waals surface area (Å²) >= 11 is 0. The third kappa shape index (κ3) is 4.66. The molecule has 3 aliphatic rings. The van der Waals surface area contributed by atoms with Crippen LogP contribution in [0.25, 0.3) is 0 Å². The topological polar surface area (TPSA) is 163 Å². The van der Waals surface area contributed by atoms with Crippen molar-refractivity contribution in [3.05, 3.63) is 76.6 Å². The number of carbonyl (C=O) groups excluding carboxylic acids is 2. The first-order chi connectivity index (χ1) is 19.9. The van der Waals surface area contributed by atoms with Gasteiger partial charge in [0.15, 0.2) is 12.2 Å². The monoisotopic (exact) mass is 581 g/mol. The fraction of sp³-hybridized carbons (Fsp3) is 0.452. The first-order valence-electron chi connectivity index (χ1n) is 13.8. The van der Waals surface area contributed by atoms with Gasteiger partial charge in [0.25, 0.3) is 0 Å². The molecule has 0 bridgehead atoms. The minimum absolute atomic E-state index is 0.142. The Hall–Kier alpha value is -3.77. The Kier molecular flexibility index (Phi) is 7.88. The summed E-state index contributed by atoms with van der Waals surface area (Å²) in [6.45, 7) is 4.21. The Morgan fingerprint density at radius 2 is 1.88 bits per heavy atom. The van der Waals surface area contributed by atoms with Gasteiger partial charge < -0.3 is 39.5 Å². The zero-order valence-corrected chi connectivity index (χ0v) is 23.6. The number of nitrogens with zero attached hydrogens (tertiary/aromatic N) is 1. The van der Waals surface area contributed by atoms with Gasteiger partial charge in [-0.1, -0.05) is 42.5 Å². The van der Waals surface area contributed by atoms with E-state index in [0.29, 0.717) is 24.3 Å². The Balaban J connectivity index is 1.53. The molecule has 11 heteroatoms. The van der Waals surface area contributed by atoms with Gasteiger partial charge in [-0.2, -0.15) is 0 Å². The largest absolute Gasteiger partial charge is 0.481 e. The normalized spacial score (nSPS) is 27.8. The summed E-state index contributed by atoms with van der Waals surface area (Å²) in [5, 5.41) is 41.1. The molecule has 5 rings (SSSR count).